The molecule has 23 heavy (non-hydrogen) atoms. The first kappa shape index (κ1) is 20.2. The Hall–Kier alpha value is -0.883. The molecule has 5 nitrogen and oxygen atoms in total. The highest BCUT2D eigenvalue weighted by atomic mass is 28.4. The van der Waals surface area contributed by atoms with E-state index in [-0.39, 0.29) is 23.3 Å². The maximum Gasteiger partial charge on any atom is 0.410 e. The summed E-state index contributed by atoms with van der Waals surface area (Å²) in [6.07, 6.45) is 0.0661. The molecule has 1 saturated heterocycles. The molecule has 0 saturated carbocycles. The van der Waals surface area contributed by atoms with Gasteiger partial charge in [0.1, 0.15) is 5.60 Å². The average Bonchev–Trinajstić information content (AvgIpc) is 2.32. The Morgan fingerprint density at radius 3 is 2.26 bits per heavy atom. The second kappa shape index (κ2) is 6.93. The van der Waals surface area contributed by atoms with Gasteiger partial charge < -0.3 is 14.1 Å². The minimum atomic E-state index is -1.84. The number of piperidine rings is 1. The Balaban J connectivity index is 2.65. The number of likely N-dealkylation sites (tertiary alicyclic amines) is 1. The highest BCUT2D eigenvalue weighted by Gasteiger charge is 2.39. The van der Waals surface area contributed by atoms with Crippen LogP contribution in [0.15, 0.2) is 0 Å². The molecular formula is C17H33NO4Si. The standard InChI is InChI=1S/C17H33NO4Si/c1-16(2,3)22-15(20)18-10-13(9-14(19)11-18)12-21-23(7,8)17(4,5)6/h13H,9-12H2,1-8H3/t13-/m1/s1. The maximum atomic E-state index is 12.2. The van der Waals surface area contributed by atoms with Crippen molar-refractivity contribution in [2.75, 3.05) is 19.7 Å². The summed E-state index contributed by atoms with van der Waals surface area (Å²) in [6, 6.07) is 0. The van der Waals surface area contributed by atoms with Crippen LogP contribution >= 0.6 is 0 Å². The van der Waals surface area contributed by atoms with Crippen molar-refractivity contribution < 1.29 is 18.8 Å². The summed E-state index contributed by atoms with van der Waals surface area (Å²) >= 11 is 0. The fourth-order valence-electron chi connectivity index (χ4n) is 2.16. The van der Waals surface area contributed by atoms with Crippen LogP contribution in [0.1, 0.15) is 48.0 Å². The van der Waals surface area contributed by atoms with Crippen LogP contribution in [0.2, 0.25) is 18.1 Å². The molecular weight excluding hydrogens is 310 g/mol. The molecule has 1 heterocycles. The zero-order chi connectivity index (χ0) is 18.1. The monoisotopic (exact) mass is 343 g/mol. The lowest BCUT2D eigenvalue weighted by Crippen LogP contribution is -2.49. The van der Waals surface area contributed by atoms with Gasteiger partial charge in [0.05, 0.1) is 6.54 Å². The van der Waals surface area contributed by atoms with Crippen molar-refractivity contribution in [2.45, 2.75) is 71.7 Å². The molecule has 6 heteroatoms. The fourth-order valence-corrected chi connectivity index (χ4v) is 3.25. The molecule has 1 amide bonds. The van der Waals surface area contributed by atoms with Gasteiger partial charge in [0.15, 0.2) is 14.1 Å². The minimum absolute atomic E-state index is 0.0536. The SMILES string of the molecule is CC(C)(C)OC(=O)N1CC(=O)C[C@@H](CO[Si](C)(C)C(C)(C)C)C1. The van der Waals surface area contributed by atoms with E-state index in [1.807, 2.05) is 20.8 Å². The zero-order valence-corrected chi connectivity index (χ0v) is 17.0. The molecule has 0 aromatic carbocycles. The molecule has 0 bridgehead atoms. The van der Waals surface area contributed by atoms with Crippen molar-refractivity contribution in [3.8, 4) is 0 Å². The van der Waals surface area contributed by atoms with Crippen LogP contribution in [0.3, 0.4) is 0 Å². The minimum Gasteiger partial charge on any atom is -0.444 e. The molecule has 0 N–H and O–H groups in total. The molecule has 0 radical (unpaired) electrons. The summed E-state index contributed by atoms with van der Waals surface area (Å²) < 4.78 is 11.6. The molecule has 0 unspecified atom stereocenters. The quantitative estimate of drug-likeness (QED) is 0.731. The first-order valence-electron chi connectivity index (χ1n) is 8.35. The van der Waals surface area contributed by atoms with Gasteiger partial charge in [0, 0.05) is 25.5 Å². The first-order chi connectivity index (χ1) is 10.2. The van der Waals surface area contributed by atoms with E-state index in [2.05, 4.69) is 33.9 Å². The Morgan fingerprint density at radius 1 is 1.22 bits per heavy atom. The van der Waals surface area contributed by atoms with Crippen molar-refractivity contribution in [1.82, 2.24) is 4.90 Å². The molecule has 1 fully saturated rings. The Labute approximate surface area is 141 Å². The van der Waals surface area contributed by atoms with Crippen LogP contribution in [0.5, 0.6) is 0 Å². The number of hydrogen-bond acceptors (Lipinski definition) is 4. The lowest BCUT2D eigenvalue weighted by molar-refractivity contribution is -0.124. The van der Waals surface area contributed by atoms with E-state index in [9.17, 15) is 9.59 Å². The van der Waals surface area contributed by atoms with E-state index in [1.165, 1.54) is 4.90 Å². The third-order valence-electron chi connectivity index (χ3n) is 4.50. The summed E-state index contributed by atoms with van der Waals surface area (Å²) in [5.41, 5.74) is -0.551. The lowest BCUT2D eigenvalue weighted by atomic mass is 9.98. The third-order valence-corrected chi connectivity index (χ3v) is 9.00. The van der Waals surface area contributed by atoms with Crippen LogP contribution in [-0.2, 0) is 14.0 Å². The Bertz CT molecular complexity index is 448. The van der Waals surface area contributed by atoms with Crippen molar-refractivity contribution in [1.29, 1.82) is 0 Å². The Kier molecular flexibility index (Phi) is 6.07. The van der Waals surface area contributed by atoms with Crippen LogP contribution in [0.25, 0.3) is 0 Å². The summed E-state index contributed by atoms with van der Waals surface area (Å²) in [4.78, 5) is 25.7. The number of carbonyl (C=O) groups excluding carboxylic acids is 2. The number of amides is 1. The Morgan fingerprint density at radius 2 is 1.78 bits per heavy atom. The number of carbonyl (C=O) groups is 2. The number of ether oxygens (including phenoxy) is 1. The second-order valence-corrected chi connectivity index (χ2v) is 13.9. The van der Waals surface area contributed by atoms with E-state index in [1.54, 1.807) is 0 Å². The van der Waals surface area contributed by atoms with Gasteiger partial charge in [0.25, 0.3) is 0 Å². The summed E-state index contributed by atoms with van der Waals surface area (Å²) in [7, 11) is -1.84. The molecule has 1 aliphatic rings. The van der Waals surface area contributed by atoms with Gasteiger partial charge in [-0.1, -0.05) is 20.8 Å². The molecule has 0 aromatic rings. The molecule has 0 spiro atoms. The topological polar surface area (TPSA) is 55.8 Å². The lowest BCUT2D eigenvalue weighted by Gasteiger charge is -2.39. The number of hydrogen-bond donors (Lipinski definition) is 0. The normalized spacial score (nSPS) is 20.6. The molecule has 1 rings (SSSR count). The van der Waals surface area contributed by atoms with Gasteiger partial charge in [-0.2, -0.15) is 0 Å². The van der Waals surface area contributed by atoms with E-state index in [0.717, 1.165) is 0 Å². The molecule has 1 aliphatic heterocycles. The number of Topliss-reactive ketones (excluding diaryl/α,β-unsaturated/α-hetero) is 1. The number of nitrogens with zero attached hydrogens (tertiary/aromatic N) is 1. The molecule has 1 atom stereocenters. The summed E-state index contributed by atoms with van der Waals surface area (Å²) in [6.45, 7) is 17.7. The zero-order valence-electron chi connectivity index (χ0n) is 16.0. The van der Waals surface area contributed by atoms with Gasteiger partial charge in [-0.15, -0.1) is 0 Å². The van der Waals surface area contributed by atoms with Crippen molar-refractivity contribution in [3.05, 3.63) is 0 Å². The second-order valence-electron chi connectivity index (χ2n) is 9.04. The summed E-state index contributed by atoms with van der Waals surface area (Å²) in [5.74, 6) is 0.129. The van der Waals surface area contributed by atoms with Gasteiger partial charge in [-0.25, -0.2) is 4.79 Å². The van der Waals surface area contributed by atoms with Gasteiger partial charge in [0.2, 0.25) is 0 Å². The van der Waals surface area contributed by atoms with Crippen LogP contribution in [0.4, 0.5) is 4.79 Å². The highest BCUT2D eigenvalue weighted by Crippen LogP contribution is 2.37. The number of ketones is 1. The smallest absolute Gasteiger partial charge is 0.410 e. The molecule has 134 valence electrons. The average molecular weight is 344 g/mol. The molecule has 0 aromatic heterocycles. The maximum absolute atomic E-state index is 12.2. The van der Waals surface area contributed by atoms with E-state index in [0.29, 0.717) is 19.6 Å². The first-order valence-corrected chi connectivity index (χ1v) is 11.3. The van der Waals surface area contributed by atoms with Crippen molar-refractivity contribution >= 4 is 20.2 Å². The summed E-state index contributed by atoms with van der Waals surface area (Å²) in [5, 5.41) is 0.135. The predicted octanol–water partition coefficient (Wildman–Crippen LogP) is 3.83. The van der Waals surface area contributed by atoms with Crippen molar-refractivity contribution in [2.24, 2.45) is 5.92 Å². The van der Waals surface area contributed by atoms with E-state index in [4.69, 9.17) is 9.16 Å². The van der Waals surface area contributed by atoms with Crippen LogP contribution in [-0.4, -0.2) is 50.4 Å². The van der Waals surface area contributed by atoms with Gasteiger partial charge in [-0.3, -0.25) is 4.79 Å². The number of rotatable bonds is 3. The third kappa shape index (κ3) is 6.26. The van der Waals surface area contributed by atoms with Gasteiger partial charge >= 0.3 is 6.09 Å². The van der Waals surface area contributed by atoms with Crippen LogP contribution < -0.4 is 0 Å². The van der Waals surface area contributed by atoms with E-state index < -0.39 is 20.0 Å². The predicted molar refractivity (Wildman–Crippen MR) is 94.1 cm³/mol. The van der Waals surface area contributed by atoms with Crippen LogP contribution in [0, 0.1) is 5.92 Å². The highest BCUT2D eigenvalue weighted by molar-refractivity contribution is 6.74. The van der Waals surface area contributed by atoms with Gasteiger partial charge in [-0.05, 0) is 38.9 Å². The van der Waals surface area contributed by atoms with Crippen molar-refractivity contribution in [3.63, 3.8) is 0 Å². The van der Waals surface area contributed by atoms with E-state index >= 15 is 0 Å². The largest absolute Gasteiger partial charge is 0.444 e. The fraction of sp³-hybridized carbons (Fsp3) is 0.882. The molecule has 0 aliphatic carbocycles.